The highest BCUT2D eigenvalue weighted by Crippen LogP contribution is 2.29. The lowest BCUT2D eigenvalue weighted by atomic mass is 9.96. The van der Waals surface area contributed by atoms with E-state index in [2.05, 4.69) is 34.1 Å². The fraction of sp³-hybridized carbons (Fsp3) is 0.480. The molecule has 166 valence electrons. The van der Waals surface area contributed by atoms with Crippen molar-refractivity contribution in [2.24, 2.45) is 0 Å². The third kappa shape index (κ3) is 5.02. The minimum atomic E-state index is -0.713. The second-order valence-corrected chi connectivity index (χ2v) is 8.61. The summed E-state index contributed by atoms with van der Waals surface area (Å²) >= 11 is 0. The number of hydrogen-bond donors (Lipinski definition) is 3. The molecule has 6 nitrogen and oxygen atoms in total. The van der Waals surface area contributed by atoms with Gasteiger partial charge in [0.15, 0.2) is 0 Å². The van der Waals surface area contributed by atoms with Crippen LogP contribution < -0.4 is 5.32 Å². The van der Waals surface area contributed by atoms with Crippen molar-refractivity contribution in [2.75, 3.05) is 19.7 Å². The molecular weight excluding hydrogens is 390 g/mol. The van der Waals surface area contributed by atoms with E-state index in [-0.39, 0.29) is 25.2 Å². The number of aromatic nitrogens is 1. The van der Waals surface area contributed by atoms with E-state index < -0.39 is 6.10 Å². The maximum absolute atomic E-state index is 12.9. The van der Waals surface area contributed by atoms with Crippen molar-refractivity contribution in [3.63, 3.8) is 0 Å². The Bertz CT molecular complexity index is 956. The summed E-state index contributed by atoms with van der Waals surface area (Å²) in [6.07, 6.45) is 5.36. The monoisotopic (exact) mass is 423 g/mol. The van der Waals surface area contributed by atoms with E-state index in [0.29, 0.717) is 19.5 Å². The summed E-state index contributed by atoms with van der Waals surface area (Å²) in [5.41, 5.74) is 2.16. The zero-order valence-corrected chi connectivity index (χ0v) is 18.0. The number of carbonyl (C=O) groups is 1. The Kier molecular flexibility index (Phi) is 7.10. The minimum Gasteiger partial charge on any atom is -0.396 e. The average molecular weight is 424 g/mol. The van der Waals surface area contributed by atoms with E-state index in [0.717, 1.165) is 47.5 Å². The highest BCUT2D eigenvalue weighted by molar-refractivity contribution is 6.07. The molecule has 3 aromatic rings. The number of nitrogens with zero attached hydrogens (tertiary/aromatic N) is 2. The van der Waals surface area contributed by atoms with Crippen molar-refractivity contribution >= 4 is 27.8 Å². The van der Waals surface area contributed by atoms with Crippen LogP contribution in [0.15, 0.2) is 48.5 Å². The number of nitrogens with one attached hydrogen (secondary N) is 1. The van der Waals surface area contributed by atoms with Crippen LogP contribution in [0.3, 0.4) is 0 Å². The molecule has 31 heavy (non-hydrogen) atoms. The lowest BCUT2D eigenvalue weighted by Gasteiger charge is -2.30. The molecule has 3 N–H and O–H groups in total. The van der Waals surface area contributed by atoms with Crippen molar-refractivity contribution in [1.29, 1.82) is 0 Å². The van der Waals surface area contributed by atoms with Gasteiger partial charge in [-0.3, -0.25) is 0 Å². The number of para-hydroxylation sites is 2. The number of urea groups is 1. The van der Waals surface area contributed by atoms with Gasteiger partial charge in [-0.15, -0.1) is 0 Å². The number of benzene rings is 2. The van der Waals surface area contributed by atoms with Gasteiger partial charge in [0.2, 0.25) is 0 Å². The third-order valence-corrected chi connectivity index (χ3v) is 6.31. The second kappa shape index (κ2) is 10.2. The first-order valence-electron chi connectivity index (χ1n) is 11.5. The number of amides is 2. The summed E-state index contributed by atoms with van der Waals surface area (Å²) < 4.78 is 2.14. The van der Waals surface area contributed by atoms with Crippen LogP contribution in [0.4, 0.5) is 4.79 Å². The Morgan fingerprint density at radius 2 is 1.65 bits per heavy atom. The molecule has 1 aliphatic carbocycles. The normalized spacial score (nSPS) is 15.9. The second-order valence-electron chi connectivity index (χ2n) is 8.61. The molecule has 1 aromatic heterocycles. The number of carbonyl (C=O) groups excluding carboxylic acids is 1. The molecule has 4 rings (SSSR count). The lowest BCUT2D eigenvalue weighted by molar-refractivity contribution is 0.104. The van der Waals surface area contributed by atoms with Gasteiger partial charge in [-0.2, -0.15) is 0 Å². The molecule has 1 heterocycles. The van der Waals surface area contributed by atoms with Gasteiger partial charge in [-0.05, 0) is 31.4 Å². The maximum Gasteiger partial charge on any atom is 0.317 e. The fourth-order valence-electron chi connectivity index (χ4n) is 4.77. The van der Waals surface area contributed by atoms with Crippen molar-refractivity contribution in [3.05, 3.63) is 48.5 Å². The molecule has 0 radical (unpaired) electrons. The highest BCUT2D eigenvalue weighted by Gasteiger charge is 2.22. The van der Waals surface area contributed by atoms with Crippen molar-refractivity contribution in [3.8, 4) is 0 Å². The van der Waals surface area contributed by atoms with Crippen LogP contribution in [-0.4, -0.2) is 57.6 Å². The molecular formula is C25H33N3O3. The smallest absolute Gasteiger partial charge is 0.317 e. The third-order valence-electron chi connectivity index (χ3n) is 6.31. The standard InChI is InChI=1S/C25H33N3O3/c29-16-8-15-27(25(31)26-19-9-2-1-3-10-19)17-20(30)18-28-23-13-6-4-11-21(23)22-12-5-7-14-24(22)28/h4-7,11-14,19-20,29-30H,1-3,8-10,15-18H2,(H,26,31)/t20-/m0/s1. The van der Waals surface area contributed by atoms with Crippen LogP contribution in [0, 0.1) is 0 Å². The van der Waals surface area contributed by atoms with Crippen LogP contribution in [0.2, 0.25) is 0 Å². The van der Waals surface area contributed by atoms with Gasteiger partial charge in [0.25, 0.3) is 0 Å². The quantitative estimate of drug-likeness (QED) is 0.515. The molecule has 1 aliphatic rings. The molecule has 1 atom stereocenters. The Morgan fingerprint density at radius 3 is 2.26 bits per heavy atom. The van der Waals surface area contributed by atoms with Crippen molar-refractivity contribution < 1.29 is 15.0 Å². The predicted molar refractivity (Wildman–Crippen MR) is 124 cm³/mol. The molecule has 2 aromatic carbocycles. The number of hydrogen-bond acceptors (Lipinski definition) is 3. The Hall–Kier alpha value is -2.57. The Balaban J connectivity index is 1.49. The molecule has 0 saturated heterocycles. The van der Waals surface area contributed by atoms with Crippen molar-refractivity contribution in [2.45, 2.75) is 57.2 Å². The summed E-state index contributed by atoms with van der Waals surface area (Å²) in [5, 5.41) is 25.7. The molecule has 0 spiro atoms. The minimum absolute atomic E-state index is 0.0240. The predicted octanol–water partition coefficient (Wildman–Crippen LogP) is 3.88. The van der Waals surface area contributed by atoms with Gasteiger partial charge < -0.3 is 25.0 Å². The van der Waals surface area contributed by atoms with Gasteiger partial charge in [-0.25, -0.2) is 4.79 Å². The lowest BCUT2D eigenvalue weighted by Crippen LogP contribution is -2.48. The Morgan fingerprint density at radius 1 is 1.03 bits per heavy atom. The van der Waals surface area contributed by atoms with E-state index in [1.165, 1.54) is 6.42 Å². The van der Waals surface area contributed by atoms with E-state index in [9.17, 15) is 15.0 Å². The summed E-state index contributed by atoms with van der Waals surface area (Å²) in [4.78, 5) is 14.6. The highest BCUT2D eigenvalue weighted by atomic mass is 16.3. The summed E-state index contributed by atoms with van der Waals surface area (Å²) in [6.45, 7) is 1.09. The van der Waals surface area contributed by atoms with E-state index in [1.807, 2.05) is 24.3 Å². The van der Waals surface area contributed by atoms with E-state index >= 15 is 0 Å². The van der Waals surface area contributed by atoms with Crippen LogP contribution in [0.1, 0.15) is 38.5 Å². The average Bonchev–Trinajstić information content (AvgIpc) is 3.11. The first kappa shape index (κ1) is 21.7. The van der Waals surface area contributed by atoms with Crippen LogP contribution >= 0.6 is 0 Å². The molecule has 0 unspecified atom stereocenters. The van der Waals surface area contributed by atoms with Gasteiger partial charge in [-0.1, -0.05) is 55.7 Å². The van der Waals surface area contributed by atoms with Gasteiger partial charge in [0.05, 0.1) is 19.2 Å². The largest absolute Gasteiger partial charge is 0.396 e. The molecule has 1 saturated carbocycles. The van der Waals surface area contributed by atoms with Crippen LogP contribution in [0.5, 0.6) is 0 Å². The number of fused-ring (bicyclic) bond motifs is 3. The summed E-state index contributed by atoms with van der Waals surface area (Å²) in [7, 11) is 0. The Labute approximate surface area is 183 Å². The number of rotatable bonds is 8. The molecule has 0 aliphatic heterocycles. The van der Waals surface area contributed by atoms with Gasteiger partial charge in [0.1, 0.15) is 0 Å². The number of aliphatic hydroxyl groups excluding tert-OH is 2. The first-order chi connectivity index (χ1) is 15.2. The first-order valence-corrected chi connectivity index (χ1v) is 11.5. The van der Waals surface area contributed by atoms with Crippen LogP contribution in [0.25, 0.3) is 21.8 Å². The molecule has 2 amide bonds. The van der Waals surface area contributed by atoms with Crippen molar-refractivity contribution in [1.82, 2.24) is 14.8 Å². The zero-order valence-electron chi connectivity index (χ0n) is 18.0. The maximum atomic E-state index is 12.9. The fourth-order valence-corrected chi connectivity index (χ4v) is 4.77. The summed E-state index contributed by atoms with van der Waals surface area (Å²) in [6, 6.07) is 16.5. The van der Waals surface area contributed by atoms with Gasteiger partial charge >= 0.3 is 6.03 Å². The van der Waals surface area contributed by atoms with E-state index in [4.69, 9.17) is 0 Å². The molecule has 0 bridgehead atoms. The van der Waals surface area contributed by atoms with Gasteiger partial charge in [0, 0.05) is 41.0 Å². The summed E-state index contributed by atoms with van der Waals surface area (Å²) in [5.74, 6) is 0. The topological polar surface area (TPSA) is 77.7 Å². The van der Waals surface area contributed by atoms with E-state index in [1.54, 1.807) is 4.90 Å². The molecule has 1 fully saturated rings. The number of aliphatic hydroxyl groups is 2. The zero-order chi connectivity index (χ0) is 21.6. The van der Waals surface area contributed by atoms with Crippen LogP contribution in [-0.2, 0) is 6.54 Å². The molecule has 6 heteroatoms. The SMILES string of the molecule is O=C(NC1CCCCC1)N(CCCO)C[C@H](O)Cn1c2ccccc2c2ccccc21.